The van der Waals surface area contributed by atoms with Gasteiger partial charge in [-0.3, -0.25) is 4.79 Å². The number of rotatable bonds is 8. The second-order valence-electron chi connectivity index (χ2n) is 5.28. The molecule has 7 heteroatoms. The minimum absolute atomic E-state index is 0. The lowest BCUT2D eigenvalue weighted by atomic mass is 10.1. The number of para-hydroxylation sites is 1. The average molecular weight is 378 g/mol. The van der Waals surface area contributed by atoms with Gasteiger partial charge in [0.1, 0.15) is 5.01 Å². The van der Waals surface area contributed by atoms with Crippen LogP contribution in [0, 0.1) is 0 Å². The summed E-state index contributed by atoms with van der Waals surface area (Å²) in [5, 5.41) is 0.996. The molecule has 0 aliphatic rings. The van der Waals surface area contributed by atoms with Gasteiger partial charge in [0.05, 0.1) is 16.8 Å². The van der Waals surface area contributed by atoms with Gasteiger partial charge in [0, 0.05) is 13.5 Å². The highest BCUT2D eigenvalue weighted by Crippen LogP contribution is 2.22. The van der Waals surface area contributed by atoms with E-state index in [1.807, 2.05) is 25.2 Å². The molecular formula is C16H25Cl2N3OS. The molecule has 2 N–H and O–H groups in total. The normalized spacial score (nSPS) is 10.0. The molecule has 4 nitrogen and oxygen atoms in total. The van der Waals surface area contributed by atoms with Crippen LogP contribution in [0.5, 0.6) is 0 Å². The Kier molecular flexibility index (Phi) is 11.2. The first-order chi connectivity index (χ1) is 10.2. The molecule has 1 aromatic carbocycles. The zero-order valence-electron chi connectivity index (χ0n) is 13.4. The van der Waals surface area contributed by atoms with Crippen molar-refractivity contribution in [1.29, 1.82) is 0 Å². The predicted molar refractivity (Wildman–Crippen MR) is 103 cm³/mol. The van der Waals surface area contributed by atoms with E-state index in [4.69, 9.17) is 5.73 Å². The van der Waals surface area contributed by atoms with Crippen LogP contribution in [-0.4, -0.2) is 29.4 Å². The van der Waals surface area contributed by atoms with E-state index in [1.54, 1.807) is 16.2 Å². The summed E-state index contributed by atoms with van der Waals surface area (Å²) in [6, 6.07) is 8.08. The molecule has 0 saturated carbocycles. The largest absolute Gasteiger partial charge is 0.339 e. The Morgan fingerprint density at radius 2 is 1.87 bits per heavy atom. The fourth-order valence-electron chi connectivity index (χ4n) is 2.24. The van der Waals surface area contributed by atoms with Crippen molar-refractivity contribution in [3.05, 3.63) is 29.3 Å². The van der Waals surface area contributed by atoms with Gasteiger partial charge in [-0.25, -0.2) is 4.98 Å². The Bertz CT molecular complexity index is 558. The summed E-state index contributed by atoms with van der Waals surface area (Å²) in [6.07, 6.45) is 4.81. The highest BCUT2D eigenvalue weighted by Gasteiger charge is 2.11. The summed E-state index contributed by atoms with van der Waals surface area (Å²) in [5.74, 6) is 0.196. The lowest BCUT2D eigenvalue weighted by molar-refractivity contribution is -0.130. The van der Waals surface area contributed by atoms with Crippen LogP contribution in [0.1, 0.15) is 37.1 Å². The van der Waals surface area contributed by atoms with Gasteiger partial charge in [0.25, 0.3) is 0 Å². The lowest BCUT2D eigenvalue weighted by Gasteiger charge is -2.15. The van der Waals surface area contributed by atoms with Crippen LogP contribution in [0.4, 0.5) is 0 Å². The molecule has 1 aromatic heterocycles. The van der Waals surface area contributed by atoms with E-state index in [0.29, 0.717) is 13.0 Å². The van der Waals surface area contributed by atoms with E-state index in [0.717, 1.165) is 42.8 Å². The van der Waals surface area contributed by atoms with Crippen molar-refractivity contribution in [1.82, 2.24) is 9.88 Å². The molecule has 1 heterocycles. The summed E-state index contributed by atoms with van der Waals surface area (Å²) >= 11 is 1.66. The fraction of sp³-hybridized carbons (Fsp3) is 0.500. The lowest BCUT2D eigenvalue weighted by Crippen LogP contribution is -2.25. The third-order valence-corrected chi connectivity index (χ3v) is 4.50. The molecule has 0 fully saturated rings. The molecule has 0 radical (unpaired) electrons. The molecule has 0 aliphatic carbocycles. The third-order valence-electron chi connectivity index (χ3n) is 3.48. The van der Waals surface area contributed by atoms with E-state index in [1.165, 1.54) is 4.70 Å². The molecule has 2 rings (SSSR count). The molecular weight excluding hydrogens is 353 g/mol. The molecule has 1 amide bonds. The van der Waals surface area contributed by atoms with Crippen molar-refractivity contribution < 1.29 is 4.79 Å². The highest BCUT2D eigenvalue weighted by molar-refractivity contribution is 7.18. The summed E-state index contributed by atoms with van der Waals surface area (Å²) in [4.78, 5) is 18.4. The van der Waals surface area contributed by atoms with Crippen molar-refractivity contribution in [2.75, 3.05) is 13.6 Å². The summed E-state index contributed by atoms with van der Waals surface area (Å²) < 4.78 is 1.18. The van der Waals surface area contributed by atoms with Crippen molar-refractivity contribution in [3.8, 4) is 0 Å². The number of carbonyl (C=O) groups excluding carboxylic acids is 1. The van der Waals surface area contributed by atoms with Crippen LogP contribution >= 0.6 is 36.2 Å². The molecule has 0 saturated heterocycles. The standard InChI is InChI=1S/C16H23N3OS.2ClH/c1-19(16(20)10-4-2-3-7-11-17)12-15-18-13-8-5-6-9-14(13)21-15;;/h5-6,8-9H,2-4,7,10-12,17H2,1H3;2*1H. The molecule has 0 unspecified atom stereocenters. The number of carbonyl (C=O) groups is 1. The summed E-state index contributed by atoms with van der Waals surface area (Å²) in [7, 11) is 1.86. The maximum absolute atomic E-state index is 12.1. The number of aromatic nitrogens is 1. The number of benzene rings is 1. The summed E-state index contributed by atoms with van der Waals surface area (Å²) in [6.45, 7) is 1.34. The second-order valence-corrected chi connectivity index (χ2v) is 6.39. The fourth-order valence-corrected chi connectivity index (χ4v) is 3.26. The molecule has 0 bridgehead atoms. The smallest absolute Gasteiger partial charge is 0.222 e. The van der Waals surface area contributed by atoms with Gasteiger partial charge in [-0.15, -0.1) is 36.2 Å². The first kappa shape index (κ1) is 22.1. The third kappa shape index (κ3) is 7.04. The average Bonchev–Trinajstić information content (AvgIpc) is 2.88. The molecule has 23 heavy (non-hydrogen) atoms. The predicted octanol–water partition coefficient (Wildman–Crippen LogP) is 4.01. The van der Waals surface area contributed by atoms with Crippen molar-refractivity contribution in [2.45, 2.75) is 38.6 Å². The SMILES string of the molecule is CN(Cc1nc2ccccc2s1)C(=O)CCCCCCN.Cl.Cl. The van der Waals surface area contributed by atoms with Gasteiger partial charge < -0.3 is 10.6 Å². The van der Waals surface area contributed by atoms with Gasteiger partial charge in [-0.2, -0.15) is 0 Å². The Morgan fingerprint density at radius 3 is 2.57 bits per heavy atom. The topological polar surface area (TPSA) is 59.2 Å². The maximum atomic E-state index is 12.1. The number of hydrogen-bond acceptors (Lipinski definition) is 4. The van der Waals surface area contributed by atoms with Gasteiger partial charge in [0.15, 0.2) is 0 Å². The highest BCUT2D eigenvalue weighted by atomic mass is 35.5. The quantitative estimate of drug-likeness (QED) is 0.706. The number of nitrogens with zero attached hydrogens (tertiary/aromatic N) is 2. The number of nitrogens with two attached hydrogens (primary N) is 1. The molecule has 0 atom stereocenters. The zero-order valence-corrected chi connectivity index (χ0v) is 15.8. The second kappa shape index (κ2) is 11.6. The van der Waals surface area contributed by atoms with Crippen LogP contribution in [-0.2, 0) is 11.3 Å². The van der Waals surface area contributed by atoms with Gasteiger partial charge in [-0.1, -0.05) is 25.0 Å². The van der Waals surface area contributed by atoms with Crippen molar-refractivity contribution in [2.24, 2.45) is 5.73 Å². The van der Waals surface area contributed by atoms with Crippen LogP contribution in [0.3, 0.4) is 0 Å². The first-order valence-electron chi connectivity index (χ1n) is 7.49. The van der Waals surface area contributed by atoms with Gasteiger partial charge in [-0.05, 0) is 31.5 Å². The number of hydrogen-bond donors (Lipinski definition) is 1. The Balaban J connectivity index is 0.00000242. The Hall–Kier alpha value is -0.880. The molecule has 2 aromatic rings. The molecule has 0 aliphatic heterocycles. The Labute approximate surface area is 154 Å². The number of thiazole rings is 1. The van der Waals surface area contributed by atoms with E-state index in [2.05, 4.69) is 11.1 Å². The van der Waals surface area contributed by atoms with E-state index < -0.39 is 0 Å². The van der Waals surface area contributed by atoms with Crippen LogP contribution in [0.2, 0.25) is 0 Å². The van der Waals surface area contributed by atoms with Crippen LogP contribution in [0.15, 0.2) is 24.3 Å². The van der Waals surface area contributed by atoms with Crippen LogP contribution < -0.4 is 5.73 Å². The van der Waals surface area contributed by atoms with Crippen LogP contribution in [0.25, 0.3) is 10.2 Å². The number of unbranched alkanes of at least 4 members (excludes halogenated alkanes) is 3. The van der Waals surface area contributed by atoms with E-state index in [-0.39, 0.29) is 30.7 Å². The minimum Gasteiger partial charge on any atom is -0.339 e. The van der Waals surface area contributed by atoms with Crippen molar-refractivity contribution >= 4 is 52.3 Å². The van der Waals surface area contributed by atoms with E-state index >= 15 is 0 Å². The zero-order chi connectivity index (χ0) is 15.1. The Morgan fingerprint density at radius 1 is 1.17 bits per heavy atom. The molecule has 130 valence electrons. The van der Waals surface area contributed by atoms with Gasteiger partial charge >= 0.3 is 0 Å². The maximum Gasteiger partial charge on any atom is 0.222 e. The molecule has 0 spiro atoms. The van der Waals surface area contributed by atoms with Crippen molar-refractivity contribution in [3.63, 3.8) is 0 Å². The number of fused-ring (bicyclic) bond motifs is 1. The number of halogens is 2. The van der Waals surface area contributed by atoms with Gasteiger partial charge in [0.2, 0.25) is 5.91 Å². The summed E-state index contributed by atoms with van der Waals surface area (Å²) in [5.41, 5.74) is 6.47. The number of amides is 1. The monoisotopic (exact) mass is 377 g/mol. The first-order valence-corrected chi connectivity index (χ1v) is 8.31. The van der Waals surface area contributed by atoms with E-state index in [9.17, 15) is 4.79 Å². The minimum atomic E-state index is 0.